The van der Waals surface area contributed by atoms with E-state index in [0.717, 1.165) is 54.3 Å². The maximum Gasteiger partial charge on any atom is 0.224 e. The van der Waals surface area contributed by atoms with Crippen LogP contribution in [0.3, 0.4) is 0 Å². The quantitative estimate of drug-likeness (QED) is 0.149. The molecule has 5 nitrogen and oxygen atoms in total. The van der Waals surface area contributed by atoms with Gasteiger partial charge in [0.05, 0.1) is 13.2 Å². The highest BCUT2D eigenvalue weighted by molar-refractivity contribution is 6.74. The van der Waals surface area contributed by atoms with E-state index in [2.05, 4.69) is 92.0 Å². The summed E-state index contributed by atoms with van der Waals surface area (Å²) in [4.78, 5) is 25.0. The number of nitrogens with one attached hydrogen (secondary N) is 1. The molecule has 222 valence electrons. The van der Waals surface area contributed by atoms with E-state index in [1.165, 1.54) is 0 Å². The average molecular weight is 568 g/mol. The third-order valence-corrected chi connectivity index (χ3v) is 12.8. The third-order valence-electron chi connectivity index (χ3n) is 8.29. The van der Waals surface area contributed by atoms with Gasteiger partial charge in [-0.3, -0.25) is 9.59 Å². The molecule has 0 radical (unpaired) electrons. The molecule has 2 rings (SSSR count). The van der Waals surface area contributed by atoms with Crippen molar-refractivity contribution in [2.75, 3.05) is 12.4 Å². The molecule has 0 aliphatic carbocycles. The molecule has 40 heavy (non-hydrogen) atoms. The van der Waals surface area contributed by atoms with Crippen LogP contribution in [0.4, 0.5) is 5.69 Å². The fraction of sp³-hybridized carbons (Fsp3) is 0.588. The standard InChI is InChI=1S/C34H53NO4Si/c1-12-13-14-15-27(28-18-16-25(23-36)20-31(28)38-9)22-32(37)35-30-21-26(17-19-29(30)33(3,4)5)24(2)39-40(10,11)34(6,7)8/h16-21,23-24,27H,12-15,22H2,1-11H3,(H,35,37). The van der Waals surface area contributed by atoms with E-state index in [1.54, 1.807) is 19.2 Å². The Morgan fingerprint density at radius 3 is 2.25 bits per heavy atom. The van der Waals surface area contributed by atoms with Crippen LogP contribution in [0.1, 0.15) is 127 Å². The number of unbranched alkanes of at least 4 members (excludes halogenated alkanes) is 2. The molecule has 2 unspecified atom stereocenters. The first-order valence-electron chi connectivity index (χ1n) is 14.8. The van der Waals surface area contributed by atoms with Crippen LogP contribution >= 0.6 is 0 Å². The monoisotopic (exact) mass is 567 g/mol. The first-order valence-corrected chi connectivity index (χ1v) is 17.7. The Balaban J connectivity index is 2.39. The maximum atomic E-state index is 13.6. The van der Waals surface area contributed by atoms with E-state index in [1.807, 2.05) is 6.07 Å². The second-order valence-corrected chi connectivity index (χ2v) is 18.4. The van der Waals surface area contributed by atoms with Crippen LogP contribution in [0.5, 0.6) is 5.75 Å². The highest BCUT2D eigenvalue weighted by atomic mass is 28.4. The molecule has 0 heterocycles. The zero-order valence-electron chi connectivity index (χ0n) is 26.9. The molecular formula is C34H53NO4Si. The number of ether oxygens (including phenoxy) is 1. The second kappa shape index (κ2) is 14.0. The number of benzene rings is 2. The lowest BCUT2D eigenvalue weighted by molar-refractivity contribution is -0.116. The molecule has 2 atom stereocenters. The van der Waals surface area contributed by atoms with Gasteiger partial charge in [0.15, 0.2) is 8.32 Å². The minimum atomic E-state index is -1.96. The van der Waals surface area contributed by atoms with Gasteiger partial charge in [-0.2, -0.15) is 0 Å². The molecule has 0 saturated heterocycles. The summed E-state index contributed by atoms with van der Waals surface area (Å²) in [6.45, 7) is 22.1. The first kappa shape index (κ1) is 33.8. The summed E-state index contributed by atoms with van der Waals surface area (Å²) >= 11 is 0. The zero-order valence-corrected chi connectivity index (χ0v) is 27.9. The number of anilines is 1. The van der Waals surface area contributed by atoms with Crippen molar-refractivity contribution in [1.29, 1.82) is 0 Å². The summed E-state index contributed by atoms with van der Waals surface area (Å²) in [6.07, 6.45) is 5.20. The number of methoxy groups -OCH3 is 1. The molecular weight excluding hydrogens is 514 g/mol. The van der Waals surface area contributed by atoms with E-state index in [4.69, 9.17) is 9.16 Å². The Labute approximate surface area is 244 Å². The van der Waals surface area contributed by atoms with E-state index in [9.17, 15) is 9.59 Å². The van der Waals surface area contributed by atoms with Crippen molar-refractivity contribution in [2.45, 2.75) is 123 Å². The summed E-state index contributed by atoms with van der Waals surface area (Å²) in [5.41, 5.74) is 4.41. The van der Waals surface area contributed by atoms with Gasteiger partial charge in [-0.05, 0) is 71.6 Å². The summed E-state index contributed by atoms with van der Waals surface area (Å²) in [6, 6.07) is 11.9. The van der Waals surface area contributed by atoms with Crippen molar-refractivity contribution >= 4 is 26.2 Å². The SMILES string of the molecule is CCCCCC(CC(=O)Nc1cc(C(C)O[Si](C)(C)C(C)(C)C)ccc1C(C)(C)C)c1ccc(C=O)cc1OC. The number of hydrogen-bond donors (Lipinski definition) is 1. The van der Waals surface area contributed by atoms with Crippen LogP contribution in [-0.2, 0) is 14.6 Å². The van der Waals surface area contributed by atoms with Crippen molar-refractivity contribution in [3.8, 4) is 5.75 Å². The van der Waals surface area contributed by atoms with Gasteiger partial charge in [0.1, 0.15) is 12.0 Å². The lowest BCUT2D eigenvalue weighted by Gasteiger charge is -2.38. The molecule has 0 saturated carbocycles. The molecule has 0 aromatic heterocycles. The smallest absolute Gasteiger partial charge is 0.224 e. The number of carbonyl (C=O) groups is 2. The lowest BCUT2D eigenvalue weighted by Crippen LogP contribution is -2.41. The van der Waals surface area contributed by atoms with Gasteiger partial charge in [-0.25, -0.2) is 0 Å². The van der Waals surface area contributed by atoms with Crippen molar-refractivity contribution < 1.29 is 18.8 Å². The fourth-order valence-electron chi connectivity index (χ4n) is 4.83. The average Bonchev–Trinajstić information content (AvgIpc) is 2.86. The summed E-state index contributed by atoms with van der Waals surface area (Å²) in [7, 11) is -0.347. The number of aldehydes is 1. The Kier molecular flexibility index (Phi) is 11.8. The lowest BCUT2D eigenvalue weighted by atomic mass is 9.84. The van der Waals surface area contributed by atoms with Gasteiger partial charge in [0.2, 0.25) is 5.91 Å². The fourth-order valence-corrected chi connectivity index (χ4v) is 6.20. The van der Waals surface area contributed by atoms with Crippen molar-refractivity contribution in [3.63, 3.8) is 0 Å². The minimum absolute atomic E-state index is 0.00990. The summed E-state index contributed by atoms with van der Waals surface area (Å²) in [5, 5.41) is 3.39. The van der Waals surface area contributed by atoms with Crippen LogP contribution in [-0.4, -0.2) is 27.6 Å². The van der Waals surface area contributed by atoms with E-state index in [-0.39, 0.29) is 28.4 Å². The molecule has 1 amide bonds. The van der Waals surface area contributed by atoms with Gasteiger partial charge in [0, 0.05) is 17.7 Å². The van der Waals surface area contributed by atoms with Crippen molar-refractivity contribution in [3.05, 3.63) is 58.7 Å². The second-order valence-electron chi connectivity index (χ2n) is 13.6. The largest absolute Gasteiger partial charge is 0.496 e. The topological polar surface area (TPSA) is 64.6 Å². The summed E-state index contributed by atoms with van der Waals surface area (Å²) in [5.74, 6) is 0.626. The number of amides is 1. The van der Waals surface area contributed by atoms with Crippen LogP contribution in [0.25, 0.3) is 0 Å². The zero-order chi connectivity index (χ0) is 30.3. The Hall–Kier alpha value is -2.44. The number of hydrogen-bond acceptors (Lipinski definition) is 4. The van der Waals surface area contributed by atoms with E-state index in [0.29, 0.717) is 17.7 Å². The molecule has 2 aromatic carbocycles. The summed E-state index contributed by atoms with van der Waals surface area (Å²) < 4.78 is 12.3. The maximum absolute atomic E-state index is 13.6. The first-order chi connectivity index (χ1) is 18.5. The van der Waals surface area contributed by atoms with Gasteiger partial charge >= 0.3 is 0 Å². The predicted molar refractivity (Wildman–Crippen MR) is 170 cm³/mol. The van der Waals surface area contributed by atoms with Gasteiger partial charge < -0.3 is 14.5 Å². The van der Waals surface area contributed by atoms with Gasteiger partial charge in [-0.1, -0.05) is 92.0 Å². The molecule has 2 aromatic rings. The van der Waals surface area contributed by atoms with E-state index >= 15 is 0 Å². The molecule has 6 heteroatoms. The molecule has 0 aliphatic rings. The van der Waals surface area contributed by atoms with E-state index < -0.39 is 8.32 Å². The predicted octanol–water partition coefficient (Wildman–Crippen LogP) is 9.58. The van der Waals surface area contributed by atoms with Crippen LogP contribution in [0, 0.1) is 0 Å². The Morgan fingerprint density at radius 1 is 1.02 bits per heavy atom. The molecule has 0 bridgehead atoms. The molecule has 0 spiro atoms. The third kappa shape index (κ3) is 9.03. The van der Waals surface area contributed by atoms with Crippen molar-refractivity contribution in [1.82, 2.24) is 0 Å². The number of rotatable bonds is 13. The van der Waals surface area contributed by atoms with Crippen LogP contribution < -0.4 is 10.1 Å². The number of carbonyl (C=O) groups excluding carboxylic acids is 2. The minimum Gasteiger partial charge on any atom is -0.496 e. The Morgan fingerprint density at radius 2 is 1.70 bits per heavy atom. The van der Waals surface area contributed by atoms with Crippen molar-refractivity contribution in [2.24, 2.45) is 0 Å². The van der Waals surface area contributed by atoms with Crippen LogP contribution in [0.15, 0.2) is 36.4 Å². The Bertz CT molecular complexity index is 1140. The normalized spacial score (nSPS) is 14.0. The van der Waals surface area contributed by atoms with Gasteiger partial charge in [0.25, 0.3) is 0 Å². The molecule has 0 aliphatic heterocycles. The van der Waals surface area contributed by atoms with Crippen LogP contribution in [0.2, 0.25) is 18.1 Å². The highest BCUT2D eigenvalue weighted by Crippen LogP contribution is 2.41. The molecule has 1 N–H and O–H groups in total. The highest BCUT2D eigenvalue weighted by Gasteiger charge is 2.38. The molecule has 0 fully saturated rings. The van der Waals surface area contributed by atoms with Gasteiger partial charge in [-0.15, -0.1) is 0 Å².